The lowest BCUT2D eigenvalue weighted by molar-refractivity contribution is -0.129. The predicted octanol–water partition coefficient (Wildman–Crippen LogP) is 3.53. The number of rotatable bonds is 4. The van der Waals surface area contributed by atoms with Crippen molar-refractivity contribution in [2.45, 2.75) is 51.0 Å². The van der Waals surface area contributed by atoms with Gasteiger partial charge in [-0.3, -0.25) is 9.59 Å². The minimum Gasteiger partial charge on any atom is -0.351 e. The maximum absolute atomic E-state index is 13.0. The van der Waals surface area contributed by atoms with Crippen molar-refractivity contribution in [3.05, 3.63) is 41.5 Å². The van der Waals surface area contributed by atoms with Gasteiger partial charge in [-0.15, -0.1) is 0 Å². The summed E-state index contributed by atoms with van der Waals surface area (Å²) in [6, 6.07) is 11.5. The molecule has 3 fully saturated rings. The predicted molar refractivity (Wildman–Crippen MR) is 111 cm³/mol. The average molecular weight is 392 g/mol. The van der Waals surface area contributed by atoms with Crippen LogP contribution in [-0.4, -0.2) is 35.8 Å². The van der Waals surface area contributed by atoms with Crippen LogP contribution in [0.5, 0.6) is 0 Å². The van der Waals surface area contributed by atoms with Crippen molar-refractivity contribution >= 4 is 17.9 Å². The van der Waals surface area contributed by atoms with E-state index in [4.69, 9.17) is 0 Å². The molecule has 1 aromatic rings. The quantitative estimate of drug-likeness (QED) is 0.630. The Bertz CT molecular complexity index is 814. The highest BCUT2D eigenvalue weighted by atomic mass is 16.2. The molecule has 2 saturated carbocycles. The van der Waals surface area contributed by atoms with Crippen LogP contribution in [0.15, 0.2) is 35.9 Å². The molecule has 1 N–H and O–H groups in total. The molecule has 0 aromatic heterocycles. The van der Waals surface area contributed by atoms with Gasteiger partial charge in [-0.25, -0.2) is 0 Å². The molecular weight excluding hydrogens is 362 g/mol. The van der Waals surface area contributed by atoms with Crippen LogP contribution in [-0.2, 0) is 9.59 Å². The number of nitrogens with one attached hydrogen (secondary N) is 1. The van der Waals surface area contributed by atoms with E-state index in [-0.39, 0.29) is 29.3 Å². The summed E-state index contributed by atoms with van der Waals surface area (Å²) in [7, 11) is 0. The first-order valence-electron chi connectivity index (χ1n) is 10.9. The highest BCUT2D eigenvalue weighted by molar-refractivity contribution is 6.01. The van der Waals surface area contributed by atoms with E-state index < -0.39 is 0 Å². The first-order chi connectivity index (χ1) is 14.1. The Balaban J connectivity index is 1.39. The normalized spacial score (nSPS) is 29.2. The zero-order valence-corrected chi connectivity index (χ0v) is 16.8. The summed E-state index contributed by atoms with van der Waals surface area (Å²) in [4.78, 5) is 27.5. The molecule has 3 aliphatic rings. The number of nitrogens with zero attached hydrogens (tertiary/aromatic N) is 2. The van der Waals surface area contributed by atoms with E-state index in [1.807, 2.05) is 30.3 Å². The van der Waals surface area contributed by atoms with Crippen LogP contribution in [0.1, 0.15) is 50.5 Å². The molecule has 1 aromatic carbocycles. The maximum atomic E-state index is 13.0. The number of nitriles is 1. The molecule has 0 bridgehead atoms. The molecule has 5 heteroatoms. The number of likely N-dealkylation sites (tertiary alicyclic amines) is 1. The van der Waals surface area contributed by atoms with Crippen LogP contribution >= 0.6 is 0 Å². The molecule has 152 valence electrons. The van der Waals surface area contributed by atoms with E-state index in [0.717, 1.165) is 49.5 Å². The zero-order chi connectivity index (χ0) is 20.2. The summed E-state index contributed by atoms with van der Waals surface area (Å²) in [5.41, 5.74) is 0.989. The third-order valence-corrected chi connectivity index (χ3v) is 6.89. The first-order valence-corrected chi connectivity index (χ1v) is 10.9. The van der Waals surface area contributed by atoms with E-state index >= 15 is 0 Å². The van der Waals surface area contributed by atoms with Crippen LogP contribution in [0.4, 0.5) is 0 Å². The summed E-state index contributed by atoms with van der Waals surface area (Å²) < 4.78 is 0. The number of hydrogen-bond donors (Lipinski definition) is 1. The fourth-order valence-electron chi connectivity index (χ4n) is 5.09. The number of carbonyl (C=O) groups is 2. The molecule has 5 nitrogen and oxygen atoms in total. The van der Waals surface area contributed by atoms with Crippen LogP contribution in [0.3, 0.4) is 0 Å². The standard InChI is InChI=1S/C24H29N3O2/c25-15-21(12-17-6-2-1-3-7-17)24(29)27-11-5-4-8-22(16-27)26-23(28)20-13-18-9-10-19(18)14-20/h1-3,6-7,12,18-20,22H,4-5,8-11,13-14,16H2,(H,26,28)/b21-12-/t18-,19+,20?,22?. The zero-order valence-electron chi connectivity index (χ0n) is 16.8. The molecule has 4 rings (SSSR count). The first kappa shape index (κ1) is 19.7. The number of hydrogen-bond acceptors (Lipinski definition) is 3. The van der Waals surface area contributed by atoms with Gasteiger partial charge in [-0.1, -0.05) is 30.3 Å². The molecule has 1 aliphatic heterocycles. The van der Waals surface area contributed by atoms with Crippen LogP contribution < -0.4 is 5.32 Å². The molecule has 4 atom stereocenters. The highest BCUT2D eigenvalue weighted by Crippen LogP contribution is 2.49. The minimum absolute atomic E-state index is 0.0242. The minimum atomic E-state index is -0.239. The van der Waals surface area contributed by atoms with Gasteiger partial charge in [0.05, 0.1) is 0 Å². The van der Waals surface area contributed by atoms with Crippen molar-refractivity contribution in [3.63, 3.8) is 0 Å². The lowest BCUT2D eigenvalue weighted by Gasteiger charge is -2.29. The number of benzene rings is 1. The SMILES string of the molecule is N#C/C(=C/c1ccccc1)C(=O)N1CCCCC(NC(=O)C2C[C@H]3CC[C@H]3C2)C1. The van der Waals surface area contributed by atoms with Gasteiger partial charge in [0.1, 0.15) is 11.6 Å². The third-order valence-electron chi connectivity index (χ3n) is 6.89. The Kier molecular flexibility index (Phi) is 5.99. The van der Waals surface area contributed by atoms with E-state index in [9.17, 15) is 14.9 Å². The molecule has 0 spiro atoms. The Morgan fingerprint density at radius 3 is 2.45 bits per heavy atom. The van der Waals surface area contributed by atoms with Crippen molar-refractivity contribution in [2.75, 3.05) is 13.1 Å². The molecule has 0 radical (unpaired) electrons. The third kappa shape index (κ3) is 4.53. The van der Waals surface area contributed by atoms with Gasteiger partial charge in [0.15, 0.2) is 0 Å². The molecule has 1 saturated heterocycles. The second-order valence-electron chi connectivity index (χ2n) is 8.80. The largest absolute Gasteiger partial charge is 0.351 e. The van der Waals surface area contributed by atoms with Gasteiger partial charge < -0.3 is 10.2 Å². The van der Waals surface area contributed by atoms with Crippen molar-refractivity contribution in [1.82, 2.24) is 10.2 Å². The topological polar surface area (TPSA) is 73.2 Å². The second-order valence-corrected chi connectivity index (χ2v) is 8.80. The van der Waals surface area contributed by atoms with Gasteiger partial charge in [0.2, 0.25) is 5.91 Å². The summed E-state index contributed by atoms with van der Waals surface area (Å²) >= 11 is 0. The summed E-state index contributed by atoms with van der Waals surface area (Å²) in [5.74, 6) is 1.60. The molecule has 2 unspecified atom stereocenters. The number of amides is 2. The van der Waals surface area contributed by atoms with E-state index in [2.05, 4.69) is 11.4 Å². The van der Waals surface area contributed by atoms with Crippen molar-refractivity contribution in [3.8, 4) is 6.07 Å². The lowest BCUT2D eigenvalue weighted by atomic mass is 9.77. The number of carbonyl (C=O) groups excluding carboxylic acids is 2. The lowest BCUT2D eigenvalue weighted by Crippen LogP contribution is -2.46. The number of fused-ring (bicyclic) bond motifs is 1. The summed E-state index contributed by atoms with van der Waals surface area (Å²) in [6.45, 7) is 1.12. The smallest absolute Gasteiger partial charge is 0.264 e. The Morgan fingerprint density at radius 2 is 1.79 bits per heavy atom. The van der Waals surface area contributed by atoms with Gasteiger partial charge in [-0.2, -0.15) is 5.26 Å². The van der Waals surface area contributed by atoms with Crippen LogP contribution in [0, 0.1) is 29.1 Å². The van der Waals surface area contributed by atoms with Gasteiger partial charge >= 0.3 is 0 Å². The fraction of sp³-hybridized carbons (Fsp3) is 0.542. The molecule has 2 amide bonds. The molecule has 29 heavy (non-hydrogen) atoms. The van der Waals surface area contributed by atoms with Crippen LogP contribution in [0.25, 0.3) is 6.08 Å². The van der Waals surface area contributed by atoms with E-state index in [1.54, 1.807) is 11.0 Å². The Hall–Kier alpha value is -2.61. The van der Waals surface area contributed by atoms with Gasteiger partial charge in [0, 0.05) is 25.0 Å². The summed E-state index contributed by atoms with van der Waals surface area (Å²) in [5, 5.41) is 12.8. The van der Waals surface area contributed by atoms with Crippen molar-refractivity contribution < 1.29 is 9.59 Å². The summed E-state index contributed by atoms with van der Waals surface area (Å²) in [6.07, 6.45) is 9.05. The second kappa shape index (κ2) is 8.82. The van der Waals surface area contributed by atoms with Crippen molar-refractivity contribution in [1.29, 1.82) is 5.26 Å². The van der Waals surface area contributed by atoms with E-state index in [1.165, 1.54) is 12.8 Å². The highest BCUT2D eigenvalue weighted by Gasteiger charge is 2.43. The monoisotopic (exact) mass is 391 g/mol. The molecule has 2 aliphatic carbocycles. The average Bonchev–Trinajstić information content (AvgIpc) is 2.88. The maximum Gasteiger partial charge on any atom is 0.264 e. The van der Waals surface area contributed by atoms with E-state index in [0.29, 0.717) is 13.1 Å². The molecule has 1 heterocycles. The van der Waals surface area contributed by atoms with Crippen LogP contribution in [0.2, 0.25) is 0 Å². The van der Waals surface area contributed by atoms with Gasteiger partial charge in [-0.05, 0) is 68.4 Å². The Labute approximate surface area is 172 Å². The Morgan fingerprint density at radius 1 is 1.07 bits per heavy atom. The fourth-order valence-corrected chi connectivity index (χ4v) is 5.09. The van der Waals surface area contributed by atoms with Crippen molar-refractivity contribution in [2.24, 2.45) is 17.8 Å². The molecular formula is C24H29N3O2. The van der Waals surface area contributed by atoms with Gasteiger partial charge in [0.25, 0.3) is 5.91 Å².